The van der Waals surface area contributed by atoms with Crippen molar-refractivity contribution in [2.24, 2.45) is 4.99 Å². The monoisotopic (exact) mass is 834 g/mol. The predicted molar refractivity (Wildman–Crippen MR) is 241 cm³/mol. The van der Waals surface area contributed by atoms with Gasteiger partial charge in [-0.15, -0.1) is 0 Å². The Morgan fingerprint density at radius 1 is 0.733 bits per heavy atom. The lowest BCUT2D eigenvalue weighted by atomic mass is 9.82. The topological polar surface area (TPSA) is 224 Å². The van der Waals surface area contributed by atoms with Crippen molar-refractivity contribution in [3.8, 4) is 0 Å². The summed E-state index contributed by atoms with van der Waals surface area (Å²) >= 11 is 6.05. The number of aliphatic hydroxyl groups is 1. The molecular weight excluding hydrogens is 784 g/mol. The number of hydrogen-bond donors (Lipinski definition) is 6. The van der Waals surface area contributed by atoms with E-state index in [1.54, 1.807) is 55.6 Å². The number of anilines is 3. The zero-order valence-corrected chi connectivity index (χ0v) is 35.0. The molecule has 4 aromatic rings. The van der Waals surface area contributed by atoms with Gasteiger partial charge in [0.2, 0.25) is 0 Å². The lowest BCUT2D eigenvalue weighted by molar-refractivity contribution is -0.385. The summed E-state index contributed by atoms with van der Waals surface area (Å²) in [5.74, 6) is 0.0752. The summed E-state index contributed by atoms with van der Waals surface area (Å²) in [6, 6.07) is 28.3. The van der Waals surface area contributed by atoms with Crippen LogP contribution in [0.2, 0.25) is 0 Å². The number of nitro groups is 2. The number of nitro benzene ring substituents is 2. The molecule has 314 valence electrons. The number of allylic oxidation sites excluding steroid dienone is 6. The highest BCUT2D eigenvalue weighted by atomic mass is 35.5. The van der Waals surface area contributed by atoms with Gasteiger partial charge in [-0.25, -0.2) is 0 Å². The molecule has 0 saturated heterocycles. The van der Waals surface area contributed by atoms with Crippen molar-refractivity contribution in [3.63, 3.8) is 0 Å². The maximum Gasteiger partial charge on any atom is 0.273 e. The fourth-order valence-corrected chi connectivity index (χ4v) is 6.60. The van der Waals surface area contributed by atoms with Crippen LogP contribution >= 0.6 is 11.6 Å². The Labute approximate surface area is 354 Å². The summed E-state index contributed by atoms with van der Waals surface area (Å²) in [7, 11) is 0. The van der Waals surface area contributed by atoms with Gasteiger partial charge >= 0.3 is 0 Å². The van der Waals surface area contributed by atoms with Crippen LogP contribution in [0.5, 0.6) is 0 Å². The Hall–Kier alpha value is -6.77. The van der Waals surface area contributed by atoms with Crippen molar-refractivity contribution in [2.75, 3.05) is 23.4 Å². The van der Waals surface area contributed by atoms with Gasteiger partial charge in [0.15, 0.2) is 0 Å². The quantitative estimate of drug-likeness (QED) is 0.0365. The number of fused-ring (bicyclic) bond motifs is 1. The van der Waals surface area contributed by atoms with Crippen LogP contribution in [0, 0.1) is 20.2 Å². The highest BCUT2D eigenvalue weighted by Gasteiger charge is 2.33. The number of rotatable bonds is 5. The third kappa shape index (κ3) is 11.7. The van der Waals surface area contributed by atoms with Gasteiger partial charge in [-0.3, -0.25) is 30.0 Å². The van der Waals surface area contributed by atoms with E-state index >= 15 is 0 Å². The third-order valence-corrected chi connectivity index (χ3v) is 10.0. The van der Waals surface area contributed by atoms with E-state index in [1.807, 2.05) is 76.2 Å². The number of aliphatic hydroxyl groups excluding tert-OH is 1. The van der Waals surface area contributed by atoms with Crippen molar-refractivity contribution >= 4 is 58.2 Å². The molecule has 2 unspecified atom stereocenters. The lowest BCUT2D eigenvalue weighted by Gasteiger charge is -2.30. The second-order valence-corrected chi connectivity index (χ2v) is 14.4. The van der Waals surface area contributed by atoms with Crippen molar-refractivity contribution in [2.45, 2.75) is 65.7 Å². The zero-order valence-electron chi connectivity index (χ0n) is 34.2. The van der Waals surface area contributed by atoms with Crippen molar-refractivity contribution in [3.05, 3.63) is 173 Å². The number of nitrogens with one attached hydrogen (secondary N) is 3. The number of carbonyl (C=O) groups is 1. The molecular formula is C45H51ClN8O6. The molecule has 14 nitrogen and oxygen atoms in total. The van der Waals surface area contributed by atoms with E-state index in [9.17, 15) is 25.0 Å². The van der Waals surface area contributed by atoms with Crippen LogP contribution in [0.25, 0.3) is 0 Å². The largest absolute Gasteiger partial charge is 0.397 e. The Morgan fingerprint density at radius 3 is 1.68 bits per heavy atom. The molecule has 15 heteroatoms. The van der Waals surface area contributed by atoms with E-state index in [-0.39, 0.29) is 34.0 Å². The zero-order chi connectivity index (χ0) is 43.9. The molecule has 0 amide bonds. The number of carbonyl (C=O) groups excluding carboxylic acids is 1. The molecule has 8 rings (SSSR count). The summed E-state index contributed by atoms with van der Waals surface area (Å²) in [6.07, 6.45) is 6.95. The van der Waals surface area contributed by atoms with Crippen LogP contribution in [0.15, 0.2) is 147 Å². The number of dihydropyridines is 2. The Balaban J connectivity index is 0.000000204. The third-order valence-electron chi connectivity index (χ3n) is 9.69. The fourth-order valence-electron chi connectivity index (χ4n) is 6.30. The molecule has 1 aliphatic carbocycles. The summed E-state index contributed by atoms with van der Waals surface area (Å²) in [4.78, 5) is 37.9. The van der Waals surface area contributed by atoms with E-state index in [1.165, 1.54) is 25.3 Å². The Morgan fingerprint density at radius 2 is 1.18 bits per heavy atom. The molecule has 2 atom stereocenters. The highest BCUT2D eigenvalue weighted by molar-refractivity contribution is 6.31. The summed E-state index contributed by atoms with van der Waals surface area (Å²) in [5, 5.41) is 40.2. The predicted octanol–water partition coefficient (Wildman–Crippen LogP) is 9.86. The molecule has 3 heterocycles. The SMILES string of the molecule is C1CC1.CC1=C(C)C(c2ccccc2[N+](=O)[O-])C(C=O)=C(Cl)N1.CC1=C(C)C(c2ccccc2[N+](=O)[O-])C2=C(N1)Nc1ccccc1N=C2.CCO.Nc1ccccc1N. The van der Waals surface area contributed by atoms with Crippen molar-refractivity contribution < 1.29 is 19.7 Å². The highest BCUT2D eigenvalue weighted by Crippen LogP contribution is 2.43. The van der Waals surface area contributed by atoms with Gasteiger partial charge in [-0.2, -0.15) is 0 Å². The number of halogens is 1. The molecule has 0 bridgehead atoms. The summed E-state index contributed by atoms with van der Waals surface area (Å²) in [6.45, 7) is 9.56. The molecule has 0 radical (unpaired) electrons. The fraction of sp³-hybridized carbons (Fsp3) is 0.244. The average Bonchev–Trinajstić information content (AvgIpc) is 4.13. The Bertz CT molecular complexity index is 2340. The van der Waals surface area contributed by atoms with E-state index in [2.05, 4.69) is 20.9 Å². The Kier molecular flexibility index (Phi) is 16.7. The van der Waals surface area contributed by atoms with Crippen molar-refractivity contribution in [1.29, 1.82) is 0 Å². The molecule has 4 aliphatic rings. The molecule has 60 heavy (non-hydrogen) atoms. The van der Waals surface area contributed by atoms with Crippen LogP contribution in [-0.4, -0.2) is 34.1 Å². The standard InChI is InChI=1S/C20H18N4O2.C14H13ClN2O3.C6H8N2.C3H6.C2H6O/c1-12-13(2)22-20-15(11-21-16-8-4-5-9-17(16)23-20)19(12)14-7-3-6-10-18(14)24(25)26;1-8-9(2)16-14(15)11(7-18)13(8)10-5-3-4-6-12(10)17(19)20;7-5-3-1-2-4-6(5)8;1-2-3-1;1-2-3/h3-11,19,22-23H,1-2H3;3-7,13,16H,1-2H3;1-4H,7-8H2;1-3H2;3H,2H2,1H3. The smallest absolute Gasteiger partial charge is 0.273 e. The van der Waals surface area contributed by atoms with Crippen LogP contribution in [0.1, 0.15) is 76.8 Å². The number of aldehydes is 1. The minimum atomic E-state index is -0.497. The van der Waals surface area contributed by atoms with Gasteiger partial charge in [0.05, 0.1) is 32.6 Å². The lowest BCUT2D eigenvalue weighted by Crippen LogP contribution is -2.29. The number of nitrogen functional groups attached to an aromatic ring is 2. The van der Waals surface area contributed by atoms with Gasteiger partial charge in [-0.1, -0.05) is 91.5 Å². The normalized spacial score (nSPS) is 17.0. The van der Waals surface area contributed by atoms with Gasteiger partial charge < -0.3 is 32.5 Å². The van der Waals surface area contributed by atoms with Crippen LogP contribution in [0.4, 0.5) is 34.1 Å². The molecule has 0 aromatic heterocycles. The average molecular weight is 835 g/mol. The first-order valence-electron chi connectivity index (χ1n) is 19.3. The number of hydrogen-bond acceptors (Lipinski definition) is 12. The molecule has 1 saturated carbocycles. The number of benzene rings is 4. The van der Waals surface area contributed by atoms with Crippen LogP contribution in [0.3, 0.4) is 0 Å². The molecule has 1 fully saturated rings. The molecule has 8 N–H and O–H groups in total. The van der Waals surface area contributed by atoms with Gasteiger partial charge in [-0.05, 0) is 70.0 Å². The molecule has 3 aliphatic heterocycles. The van der Waals surface area contributed by atoms with Crippen LogP contribution < -0.4 is 27.4 Å². The second kappa shape index (κ2) is 21.8. The summed E-state index contributed by atoms with van der Waals surface area (Å²) in [5.41, 5.74) is 19.9. The number of aliphatic imine (C=N–C) groups is 1. The van der Waals surface area contributed by atoms with E-state index < -0.39 is 10.8 Å². The number of nitrogens with two attached hydrogens (primary N) is 2. The van der Waals surface area contributed by atoms with E-state index in [0.29, 0.717) is 34.4 Å². The first-order chi connectivity index (χ1) is 28.7. The number of nitrogens with zero attached hydrogens (tertiary/aromatic N) is 3. The van der Waals surface area contributed by atoms with Crippen molar-refractivity contribution in [1.82, 2.24) is 10.6 Å². The molecule has 4 aromatic carbocycles. The number of para-hydroxylation sites is 6. The minimum absolute atomic E-state index is 0.0182. The van der Waals surface area contributed by atoms with E-state index in [4.69, 9.17) is 28.2 Å². The first-order valence-corrected chi connectivity index (χ1v) is 19.7. The molecule has 0 spiro atoms. The van der Waals surface area contributed by atoms with Gasteiger partial charge in [0, 0.05) is 70.5 Å². The summed E-state index contributed by atoms with van der Waals surface area (Å²) < 4.78 is 0. The second-order valence-electron chi connectivity index (χ2n) is 14.0. The first kappa shape index (κ1) is 45.9. The van der Waals surface area contributed by atoms with Crippen LogP contribution in [-0.2, 0) is 4.79 Å². The van der Waals surface area contributed by atoms with Gasteiger partial charge in [0.25, 0.3) is 11.4 Å². The van der Waals surface area contributed by atoms with Gasteiger partial charge in [0.1, 0.15) is 17.3 Å². The minimum Gasteiger partial charge on any atom is -0.397 e. The maximum absolute atomic E-state index is 11.6. The van der Waals surface area contributed by atoms with E-state index in [0.717, 1.165) is 45.3 Å². The maximum atomic E-state index is 11.6.